The molecule has 4 amide bonds. The molecule has 1 heterocycles. The molecular formula is C38H64N4O12. The first kappa shape index (κ1) is 47.8. The van der Waals surface area contributed by atoms with Crippen molar-refractivity contribution in [2.45, 2.75) is 131 Å². The van der Waals surface area contributed by atoms with Crippen LogP contribution in [0.5, 0.6) is 0 Å². The molecular weight excluding hydrogens is 704 g/mol. The minimum absolute atomic E-state index is 0.0975. The van der Waals surface area contributed by atoms with Gasteiger partial charge >= 0.3 is 23.9 Å². The number of ether oxygens (including phenoxy) is 4. The lowest BCUT2D eigenvalue weighted by Gasteiger charge is -2.33. The first-order valence-electron chi connectivity index (χ1n) is 18.7. The summed E-state index contributed by atoms with van der Waals surface area (Å²) in [6.07, 6.45) is -2.16. The van der Waals surface area contributed by atoms with Gasteiger partial charge < -0.3 is 38.5 Å². The third-order valence-electron chi connectivity index (χ3n) is 9.18. The van der Waals surface area contributed by atoms with Gasteiger partial charge in [0.05, 0.1) is 0 Å². The van der Waals surface area contributed by atoms with E-state index in [4.69, 9.17) is 18.9 Å². The van der Waals surface area contributed by atoms with Gasteiger partial charge in [0.2, 0.25) is 0 Å². The Kier molecular flexibility index (Phi) is 19.1. The van der Waals surface area contributed by atoms with E-state index < -0.39 is 97.1 Å². The lowest BCUT2D eigenvalue weighted by Crippen LogP contribution is -2.52. The normalized spacial score (nSPS) is 26.0. The standard InChI is InChI=1S/C38H64N4O12/c1-21(2)15-27-35(47)51-19-31(43)39(11)30(18-24(7)8)38(50)54-26(10)34(46)42(14)28(16-22(3)4)36(48)52-20-32(44)40(12)29(17-23(5)6)37(49)53-25(9)33(45)41(27)13/h21-30H,15-20H2,1-14H3. The molecule has 1 saturated heterocycles. The Balaban J connectivity index is 3.69. The average molecular weight is 769 g/mol. The molecule has 0 saturated carbocycles. The number of hydrogen-bond acceptors (Lipinski definition) is 12. The number of carbonyl (C=O) groups is 8. The Morgan fingerprint density at radius 3 is 0.926 bits per heavy atom. The number of hydrogen-bond donors (Lipinski definition) is 0. The number of likely N-dealkylation sites (N-methyl/N-ethyl adjacent to an activating group) is 4. The summed E-state index contributed by atoms with van der Waals surface area (Å²) < 4.78 is 21.9. The van der Waals surface area contributed by atoms with E-state index in [-0.39, 0.29) is 49.4 Å². The van der Waals surface area contributed by atoms with Crippen LogP contribution < -0.4 is 0 Å². The third-order valence-corrected chi connectivity index (χ3v) is 9.18. The van der Waals surface area contributed by atoms with Crippen molar-refractivity contribution in [1.29, 1.82) is 0 Å². The fraction of sp³-hybridized carbons (Fsp3) is 0.789. The van der Waals surface area contributed by atoms with Crippen LogP contribution >= 0.6 is 0 Å². The summed E-state index contributed by atoms with van der Waals surface area (Å²) in [5.41, 5.74) is 0. The van der Waals surface area contributed by atoms with Crippen molar-refractivity contribution in [3.8, 4) is 0 Å². The molecule has 0 aromatic rings. The average Bonchev–Trinajstić information content (AvgIpc) is 3.08. The maximum Gasteiger partial charge on any atom is 0.329 e. The summed E-state index contributed by atoms with van der Waals surface area (Å²) in [7, 11) is 5.42. The van der Waals surface area contributed by atoms with Crippen LogP contribution in [0.15, 0.2) is 0 Å². The Labute approximate surface area is 320 Å². The second-order valence-electron chi connectivity index (χ2n) is 15.9. The van der Waals surface area contributed by atoms with Crippen molar-refractivity contribution in [2.24, 2.45) is 23.7 Å². The number of rotatable bonds is 8. The van der Waals surface area contributed by atoms with Crippen molar-refractivity contribution >= 4 is 47.5 Å². The minimum Gasteiger partial charge on any atom is -0.454 e. The zero-order valence-electron chi connectivity index (χ0n) is 34.7. The van der Waals surface area contributed by atoms with Crippen LogP contribution in [-0.4, -0.2) is 145 Å². The summed E-state index contributed by atoms with van der Waals surface area (Å²) in [6, 6.07) is -4.64. The number of cyclic esters (lactones) is 4. The zero-order valence-corrected chi connectivity index (χ0v) is 34.7. The summed E-state index contributed by atoms with van der Waals surface area (Å²) in [6.45, 7) is 15.8. The van der Waals surface area contributed by atoms with Crippen molar-refractivity contribution in [1.82, 2.24) is 19.6 Å². The van der Waals surface area contributed by atoms with Crippen molar-refractivity contribution < 1.29 is 57.3 Å². The molecule has 0 aliphatic carbocycles. The minimum atomic E-state index is -1.38. The van der Waals surface area contributed by atoms with Crippen LogP contribution in [0.2, 0.25) is 0 Å². The van der Waals surface area contributed by atoms with Crippen LogP contribution in [0.25, 0.3) is 0 Å². The summed E-state index contributed by atoms with van der Waals surface area (Å²) in [5, 5.41) is 0. The van der Waals surface area contributed by atoms with E-state index in [0.717, 1.165) is 19.6 Å². The highest BCUT2D eigenvalue weighted by atomic mass is 16.6. The van der Waals surface area contributed by atoms with E-state index in [1.165, 1.54) is 42.0 Å². The maximum atomic E-state index is 13.6. The highest BCUT2D eigenvalue weighted by molar-refractivity contribution is 5.93. The first-order chi connectivity index (χ1) is 24.9. The highest BCUT2D eigenvalue weighted by Crippen LogP contribution is 2.20. The van der Waals surface area contributed by atoms with Gasteiger partial charge in [-0.15, -0.1) is 0 Å². The van der Waals surface area contributed by atoms with Gasteiger partial charge in [-0.25, -0.2) is 19.2 Å². The molecule has 1 fully saturated rings. The van der Waals surface area contributed by atoms with Gasteiger partial charge in [0, 0.05) is 28.2 Å². The van der Waals surface area contributed by atoms with Gasteiger partial charge in [-0.1, -0.05) is 55.4 Å². The summed E-state index contributed by atoms with van der Waals surface area (Å²) >= 11 is 0. The predicted molar refractivity (Wildman–Crippen MR) is 197 cm³/mol. The second-order valence-corrected chi connectivity index (χ2v) is 15.9. The fourth-order valence-electron chi connectivity index (χ4n) is 5.93. The molecule has 0 radical (unpaired) electrons. The maximum absolute atomic E-state index is 13.6. The Bertz CT molecular complexity index is 1230. The van der Waals surface area contributed by atoms with E-state index >= 15 is 0 Å². The number of carbonyl (C=O) groups excluding carboxylic acids is 8. The number of nitrogens with zero attached hydrogens (tertiary/aromatic N) is 4. The SMILES string of the molecule is CC(C)CC1C(=O)OC(C)C(=O)N(C)C(CC(C)C)C(=O)OCC(=O)N(C)C(CC(C)C)C(=O)OC(C)C(=O)N(C)C(CC(C)C)C(=O)OCC(=O)N1C. The van der Waals surface area contributed by atoms with Gasteiger partial charge in [0.25, 0.3) is 23.6 Å². The molecule has 1 aliphatic rings. The fourth-order valence-corrected chi connectivity index (χ4v) is 5.93. The number of amides is 4. The van der Waals surface area contributed by atoms with Crippen LogP contribution in [0.3, 0.4) is 0 Å². The lowest BCUT2D eigenvalue weighted by molar-refractivity contribution is -0.172. The lowest BCUT2D eigenvalue weighted by atomic mass is 10.0. The van der Waals surface area contributed by atoms with Gasteiger partial charge in [0.1, 0.15) is 24.2 Å². The summed E-state index contributed by atoms with van der Waals surface area (Å²) in [5.74, 6) is -6.82. The quantitative estimate of drug-likeness (QED) is 0.260. The van der Waals surface area contributed by atoms with E-state index in [1.807, 2.05) is 55.4 Å². The van der Waals surface area contributed by atoms with Crippen LogP contribution in [0, 0.1) is 23.7 Å². The zero-order chi connectivity index (χ0) is 41.8. The Morgan fingerprint density at radius 2 is 0.685 bits per heavy atom. The third kappa shape index (κ3) is 14.2. The van der Waals surface area contributed by atoms with E-state index in [2.05, 4.69) is 0 Å². The monoisotopic (exact) mass is 768 g/mol. The Morgan fingerprint density at radius 1 is 0.444 bits per heavy atom. The van der Waals surface area contributed by atoms with E-state index in [0.29, 0.717) is 0 Å². The van der Waals surface area contributed by atoms with Gasteiger partial charge in [-0.3, -0.25) is 19.2 Å². The molecule has 308 valence electrons. The molecule has 54 heavy (non-hydrogen) atoms. The highest BCUT2D eigenvalue weighted by Gasteiger charge is 2.39. The van der Waals surface area contributed by atoms with Gasteiger partial charge in [-0.05, 0) is 63.2 Å². The molecule has 0 aromatic heterocycles. The molecule has 6 atom stereocenters. The van der Waals surface area contributed by atoms with Crippen LogP contribution in [0.4, 0.5) is 0 Å². The molecule has 0 spiro atoms. The van der Waals surface area contributed by atoms with E-state index in [1.54, 1.807) is 0 Å². The first-order valence-corrected chi connectivity index (χ1v) is 18.7. The molecule has 0 N–H and O–H groups in total. The van der Waals surface area contributed by atoms with Crippen LogP contribution in [-0.2, 0) is 57.3 Å². The largest absolute Gasteiger partial charge is 0.454 e. The molecule has 16 nitrogen and oxygen atoms in total. The molecule has 6 unspecified atom stereocenters. The van der Waals surface area contributed by atoms with Crippen LogP contribution in [0.1, 0.15) is 94.9 Å². The van der Waals surface area contributed by atoms with Crippen molar-refractivity contribution in [3.05, 3.63) is 0 Å². The molecule has 1 aliphatic heterocycles. The Hall–Kier alpha value is -4.24. The predicted octanol–water partition coefficient (Wildman–Crippen LogP) is 2.44. The van der Waals surface area contributed by atoms with Crippen molar-refractivity contribution in [2.75, 3.05) is 41.4 Å². The topological polar surface area (TPSA) is 186 Å². The molecule has 1 rings (SSSR count). The van der Waals surface area contributed by atoms with Crippen molar-refractivity contribution in [3.63, 3.8) is 0 Å². The van der Waals surface area contributed by atoms with Gasteiger partial charge in [-0.2, -0.15) is 0 Å². The molecule has 0 aromatic carbocycles. The van der Waals surface area contributed by atoms with E-state index in [9.17, 15) is 38.4 Å². The number of esters is 4. The van der Waals surface area contributed by atoms with Gasteiger partial charge in [0.15, 0.2) is 25.4 Å². The molecule has 16 heteroatoms. The summed E-state index contributed by atoms with van der Waals surface area (Å²) in [4.78, 5) is 112. The smallest absolute Gasteiger partial charge is 0.329 e. The molecule has 0 bridgehead atoms. The second kappa shape index (κ2) is 21.6.